The standard InChI is InChI=1S/C19H26N2O5S/c1-14-8-11-20(12-9-14)18(22)15(2)26-19(23)16-4-6-17(7-5-16)21-10-3-13-27(21,24)25/h4-7,14-15H,3,8-13H2,1-2H3. The minimum Gasteiger partial charge on any atom is -0.449 e. The average Bonchev–Trinajstić information content (AvgIpc) is 3.01. The maximum absolute atomic E-state index is 12.4. The maximum atomic E-state index is 12.4. The molecule has 1 atom stereocenters. The van der Waals surface area contributed by atoms with Gasteiger partial charge in [-0.05, 0) is 56.4 Å². The van der Waals surface area contributed by atoms with Crippen molar-refractivity contribution in [2.24, 2.45) is 5.92 Å². The summed E-state index contributed by atoms with van der Waals surface area (Å²) in [4.78, 5) is 26.5. The monoisotopic (exact) mass is 394 g/mol. The van der Waals surface area contributed by atoms with E-state index in [1.165, 1.54) is 16.4 Å². The highest BCUT2D eigenvalue weighted by molar-refractivity contribution is 7.93. The lowest BCUT2D eigenvalue weighted by Crippen LogP contribution is -2.44. The Labute approximate surface area is 160 Å². The molecule has 0 spiro atoms. The van der Waals surface area contributed by atoms with Crippen LogP contribution in [0.15, 0.2) is 24.3 Å². The molecule has 1 aromatic carbocycles. The quantitative estimate of drug-likeness (QED) is 0.730. The van der Waals surface area contributed by atoms with E-state index in [4.69, 9.17) is 4.74 Å². The van der Waals surface area contributed by atoms with Crippen LogP contribution in [-0.2, 0) is 19.6 Å². The molecule has 2 heterocycles. The molecule has 1 unspecified atom stereocenters. The van der Waals surface area contributed by atoms with Crippen LogP contribution >= 0.6 is 0 Å². The lowest BCUT2D eigenvalue weighted by molar-refractivity contribution is -0.141. The SMILES string of the molecule is CC1CCN(C(=O)C(C)OC(=O)c2ccc(N3CCCS3(=O)=O)cc2)CC1. The molecule has 2 fully saturated rings. The van der Waals surface area contributed by atoms with Gasteiger partial charge in [-0.25, -0.2) is 13.2 Å². The summed E-state index contributed by atoms with van der Waals surface area (Å²) in [6, 6.07) is 6.26. The first-order valence-electron chi connectivity index (χ1n) is 9.38. The van der Waals surface area contributed by atoms with Crippen LogP contribution in [0.4, 0.5) is 5.69 Å². The van der Waals surface area contributed by atoms with E-state index >= 15 is 0 Å². The van der Waals surface area contributed by atoms with E-state index in [9.17, 15) is 18.0 Å². The predicted octanol–water partition coefficient (Wildman–Crippen LogP) is 2.03. The number of amides is 1. The lowest BCUT2D eigenvalue weighted by atomic mass is 9.99. The smallest absolute Gasteiger partial charge is 0.338 e. The number of esters is 1. The summed E-state index contributed by atoms with van der Waals surface area (Å²) in [5, 5.41) is 0. The molecule has 0 saturated carbocycles. The number of sulfonamides is 1. The summed E-state index contributed by atoms with van der Waals surface area (Å²) in [6.45, 7) is 5.60. The molecule has 2 aliphatic heterocycles. The van der Waals surface area contributed by atoms with Crippen molar-refractivity contribution in [1.82, 2.24) is 4.90 Å². The topological polar surface area (TPSA) is 84.0 Å². The number of hydrogen-bond acceptors (Lipinski definition) is 5. The van der Waals surface area contributed by atoms with Gasteiger partial charge in [0.05, 0.1) is 17.0 Å². The van der Waals surface area contributed by atoms with Gasteiger partial charge in [0.1, 0.15) is 0 Å². The van der Waals surface area contributed by atoms with Crippen molar-refractivity contribution in [2.45, 2.75) is 39.2 Å². The molecule has 8 heteroatoms. The van der Waals surface area contributed by atoms with Crippen molar-refractivity contribution in [3.63, 3.8) is 0 Å². The molecule has 0 N–H and O–H groups in total. The van der Waals surface area contributed by atoms with E-state index in [2.05, 4.69) is 6.92 Å². The molecule has 3 rings (SSSR count). The Bertz CT molecular complexity index is 798. The zero-order valence-electron chi connectivity index (χ0n) is 15.8. The predicted molar refractivity (Wildman–Crippen MR) is 102 cm³/mol. The Morgan fingerprint density at radius 2 is 1.74 bits per heavy atom. The molecule has 0 radical (unpaired) electrons. The minimum atomic E-state index is -3.25. The number of carbonyl (C=O) groups is 2. The van der Waals surface area contributed by atoms with Crippen molar-refractivity contribution >= 4 is 27.6 Å². The molecule has 2 saturated heterocycles. The van der Waals surface area contributed by atoms with Crippen LogP contribution in [-0.4, -0.2) is 56.7 Å². The molecule has 0 aliphatic carbocycles. The fourth-order valence-corrected chi connectivity index (χ4v) is 5.02. The van der Waals surface area contributed by atoms with E-state index < -0.39 is 22.1 Å². The van der Waals surface area contributed by atoms with Crippen LogP contribution in [0.1, 0.15) is 43.5 Å². The van der Waals surface area contributed by atoms with Crippen molar-refractivity contribution in [3.05, 3.63) is 29.8 Å². The third kappa shape index (κ3) is 4.43. The molecule has 148 valence electrons. The fraction of sp³-hybridized carbons (Fsp3) is 0.579. The summed E-state index contributed by atoms with van der Waals surface area (Å²) in [7, 11) is -3.25. The molecule has 1 aromatic rings. The third-order valence-corrected chi connectivity index (χ3v) is 7.09. The van der Waals surface area contributed by atoms with Gasteiger partial charge in [-0.3, -0.25) is 9.10 Å². The first-order valence-corrected chi connectivity index (χ1v) is 11.0. The Kier molecular flexibility index (Phi) is 5.74. The number of carbonyl (C=O) groups excluding carboxylic acids is 2. The highest BCUT2D eigenvalue weighted by Crippen LogP contribution is 2.24. The average molecular weight is 394 g/mol. The number of ether oxygens (including phenoxy) is 1. The van der Waals surface area contributed by atoms with Crippen molar-refractivity contribution < 1.29 is 22.7 Å². The van der Waals surface area contributed by atoms with Crippen LogP contribution in [0.2, 0.25) is 0 Å². The summed E-state index contributed by atoms with van der Waals surface area (Å²) in [5.74, 6) is 0.00281. The number of benzene rings is 1. The summed E-state index contributed by atoms with van der Waals surface area (Å²) >= 11 is 0. The van der Waals surface area contributed by atoms with Gasteiger partial charge in [-0.15, -0.1) is 0 Å². The normalized spacial score (nSPS) is 21.1. The zero-order valence-corrected chi connectivity index (χ0v) is 16.6. The van der Waals surface area contributed by atoms with Crippen molar-refractivity contribution in [2.75, 3.05) is 29.7 Å². The lowest BCUT2D eigenvalue weighted by Gasteiger charge is -2.31. The molecule has 2 aliphatic rings. The van der Waals surface area contributed by atoms with E-state index in [0.717, 1.165) is 12.8 Å². The van der Waals surface area contributed by atoms with Gasteiger partial charge in [-0.2, -0.15) is 0 Å². The van der Waals surface area contributed by atoms with Gasteiger partial charge in [0.15, 0.2) is 6.10 Å². The molecule has 27 heavy (non-hydrogen) atoms. The van der Waals surface area contributed by atoms with Gasteiger partial charge in [-0.1, -0.05) is 6.92 Å². The Hall–Kier alpha value is -2.09. The fourth-order valence-electron chi connectivity index (χ4n) is 3.46. The first kappa shape index (κ1) is 19.7. The minimum absolute atomic E-state index is 0.145. The number of hydrogen-bond donors (Lipinski definition) is 0. The van der Waals surface area contributed by atoms with E-state index in [0.29, 0.717) is 43.2 Å². The van der Waals surface area contributed by atoms with Gasteiger partial charge < -0.3 is 9.64 Å². The van der Waals surface area contributed by atoms with Crippen LogP contribution in [0.5, 0.6) is 0 Å². The Morgan fingerprint density at radius 1 is 1.11 bits per heavy atom. The number of rotatable bonds is 4. The zero-order chi connectivity index (χ0) is 19.6. The van der Waals surface area contributed by atoms with Gasteiger partial charge in [0, 0.05) is 19.6 Å². The molecule has 1 amide bonds. The number of nitrogens with zero attached hydrogens (tertiary/aromatic N) is 2. The van der Waals surface area contributed by atoms with Crippen LogP contribution in [0.3, 0.4) is 0 Å². The van der Waals surface area contributed by atoms with E-state index in [1.54, 1.807) is 24.0 Å². The van der Waals surface area contributed by atoms with Crippen molar-refractivity contribution in [1.29, 1.82) is 0 Å². The molecule has 0 aromatic heterocycles. The van der Waals surface area contributed by atoms with Crippen LogP contribution < -0.4 is 4.31 Å². The van der Waals surface area contributed by atoms with Gasteiger partial charge in [0.2, 0.25) is 10.0 Å². The highest BCUT2D eigenvalue weighted by Gasteiger charge is 2.29. The Balaban J connectivity index is 1.60. The van der Waals surface area contributed by atoms with E-state index in [1.807, 2.05) is 0 Å². The summed E-state index contributed by atoms with van der Waals surface area (Å²) in [6.07, 6.45) is 1.69. The molecular weight excluding hydrogens is 368 g/mol. The molecular formula is C19H26N2O5S. The van der Waals surface area contributed by atoms with Gasteiger partial charge in [0.25, 0.3) is 5.91 Å². The first-order chi connectivity index (χ1) is 12.8. The number of piperidine rings is 1. The molecule has 0 bridgehead atoms. The largest absolute Gasteiger partial charge is 0.449 e. The second-order valence-corrected chi connectivity index (χ2v) is 9.36. The maximum Gasteiger partial charge on any atom is 0.338 e. The van der Waals surface area contributed by atoms with Crippen LogP contribution in [0.25, 0.3) is 0 Å². The van der Waals surface area contributed by atoms with Crippen molar-refractivity contribution in [3.8, 4) is 0 Å². The molecule has 7 nitrogen and oxygen atoms in total. The second kappa shape index (κ2) is 7.88. The number of anilines is 1. The third-order valence-electron chi connectivity index (χ3n) is 5.22. The summed E-state index contributed by atoms with van der Waals surface area (Å²) in [5.41, 5.74) is 0.831. The second-order valence-electron chi connectivity index (χ2n) is 7.34. The van der Waals surface area contributed by atoms with Gasteiger partial charge >= 0.3 is 5.97 Å². The van der Waals surface area contributed by atoms with Crippen LogP contribution in [0, 0.1) is 5.92 Å². The Morgan fingerprint density at radius 3 is 2.30 bits per heavy atom. The summed E-state index contributed by atoms with van der Waals surface area (Å²) < 4.78 is 30.6. The van der Waals surface area contributed by atoms with E-state index in [-0.39, 0.29) is 11.7 Å². The number of likely N-dealkylation sites (tertiary alicyclic amines) is 1. The highest BCUT2D eigenvalue weighted by atomic mass is 32.2.